The second kappa shape index (κ2) is 8.23. The van der Waals surface area contributed by atoms with Crippen molar-refractivity contribution in [3.05, 3.63) is 98.5 Å². The number of hydrogen-bond acceptors (Lipinski definition) is 1. The van der Waals surface area contributed by atoms with Crippen LogP contribution in [0, 0.1) is 13.8 Å². The predicted octanol–water partition coefficient (Wildman–Crippen LogP) is 7.84. The molecule has 146 valence electrons. The largest absolute Gasteiger partial charge is 0.258 e. The van der Waals surface area contributed by atoms with Crippen molar-refractivity contribution < 1.29 is 0 Å². The molecule has 3 aromatic carbocycles. The number of rotatable bonds is 4. The van der Waals surface area contributed by atoms with Crippen molar-refractivity contribution >= 4 is 34.8 Å². The van der Waals surface area contributed by atoms with Crippen molar-refractivity contribution in [1.82, 2.24) is 9.78 Å². The number of aromatic nitrogens is 2. The summed E-state index contributed by atoms with van der Waals surface area (Å²) in [6.07, 6.45) is 0. The minimum absolute atomic E-state index is 0.491. The lowest BCUT2D eigenvalue weighted by atomic mass is 10.1. The fraction of sp³-hybridized carbons (Fsp3) is 0.125. The molecule has 29 heavy (non-hydrogen) atoms. The number of hydrogen-bond donors (Lipinski definition) is 0. The van der Waals surface area contributed by atoms with Gasteiger partial charge in [-0.25, -0.2) is 0 Å². The van der Waals surface area contributed by atoms with E-state index < -0.39 is 0 Å². The van der Waals surface area contributed by atoms with Crippen LogP contribution in [0.1, 0.15) is 16.7 Å². The Morgan fingerprint density at radius 1 is 0.759 bits per heavy atom. The van der Waals surface area contributed by atoms with Crippen LogP contribution in [-0.4, -0.2) is 9.78 Å². The first-order valence-electron chi connectivity index (χ1n) is 9.26. The van der Waals surface area contributed by atoms with Crippen molar-refractivity contribution in [2.45, 2.75) is 20.4 Å². The first kappa shape index (κ1) is 20.0. The second-order valence-electron chi connectivity index (χ2n) is 7.14. The van der Waals surface area contributed by atoms with Crippen LogP contribution in [0.2, 0.25) is 15.1 Å². The maximum atomic E-state index is 6.87. The highest BCUT2D eigenvalue weighted by Gasteiger charge is 2.20. The molecule has 0 amide bonds. The Balaban J connectivity index is 1.86. The maximum Gasteiger partial charge on any atom is 0.112 e. The van der Waals surface area contributed by atoms with Gasteiger partial charge in [-0.15, -0.1) is 0 Å². The normalized spacial score (nSPS) is 11.1. The number of halogens is 3. The number of benzene rings is 3. The summed E-state index contributed by atoms with van der Waals surface area (Å²) in [6, 6.07) is 22.0. The van der Waals surface area contributed by atoms with E-state index in [0.29, 0.717) is 21.6 Å². The monoisotopic (exact) mass is 440 g/mol. The Morgan fingerprint density at radius 3 is 1.93 bits per heavy atom. The molecule has 0 bridgehead atoms. The van der Waals surface area contributed by atoms with Crippen molar-refractivity contribution in [1.29, 1.82) is 0 Å². The summed E-state index contributed by atoms with van der Waals surface area (Å²) in [5.41, 5.74) is 6.93. The molecule has 0 spiro atoms. The zero-order valence-electron chi connectivity index (χ0n) is 16.1. The van der Waals surface area contributed by atoms with E-state index in [1.807, 2.05) is 28.9 Å². The molecule has 5 heteroatoms. The van der Waals surface area contributed by atoms with Crippen LogP contribution < -0.4 is 0 Å². The molecule has 0 aliphatic rings. The van der Waals surface area contributed by atoms with Gasteiger partial charge in [0.25, 0.3) is 0 Å². The molecule has 0 saturated carbocycles. The summed E-state index contributed by atoms with van der Waals surface area (Å²) in [5, 5.41) is 6.70. The first-order valence-corrected chi connectivity index (χ1v) is 10.4. The van der Waals surface area contributed by atoms with Gasteiger partial charge in [0.15, 0.2) is 0 Å². The van der Waals surface area contributed by atoms with Crippen LogP contribution in [0.4, 0.5) is 0 Å². The summed E-state index contributed by atoms with van der Waals surface area (Å²) in [4.78, 5) is 0. The maximum absolute atomic E-state index is 6.87. The Bertz CT molecular complexity index is 1160. The zero-order valence-corrected chi connectivity index (χ0v) is 18.4. The minimum Gasteiger partial charge on any atom is -0.258 e. The lowest BCUT2D eigenvalue weighted by molar-refractivity contribution is 0.697. The Kier molecular flexibility index (Phi) is 5.69. The third-order valence-electron chi connectivity index (χ3n) is 4.88. The van der Waals surface area contributed by atoms with E-state index in [-0.39, 0.29) is 0 Å². The van der Waals surface area contributed by atoms with Crippen molar-refractivity contribution in [2.24, 2.45) is 0 Å². The van der Waals surface area contributed by atoms with Crippen molar-refractivity contribution in [3.8, 4) is 22.5 Å². The summed E-state index contributed by atoms with van der Waals surface area (Å²) in [7, 11) is 0. The highest BCUT2D eigenvalue weighted by molar-refractivity contribution is 6.36. The molecule has 0 N–H and O–H groups in total. The molecular formula is C24H19Cl3N2. The van der Waals surface area contributed by atoms with Crippen molar-refractivity contribution in [3.63, 3.8) is 0 Å². The topological polar surface area (TPSA) is 17.8 Å². The molecule has 4 rings (SSSR count). The van der Waals surface area contributed by atoms with E-state index in [2.05, 4.69) is 50.2 Å². The first-order chi connectivity index (χ1) is 13.9. The Morgan fingerprint density at radius 2 is 1.34 bits per heavy atom. The number of nitrogens with zero attached hydrogens (tertiary/aromatic N) is 2. The van der Waals surface area contributed by atoms with E-state index in [1.165, 1.54) is 11.1 Å². The molecule has 1 heterocycles. The van der Waals surface area contributed by atoms with Gasteiger partial charge in [0.2, 0.25) is 0 Å². The molecule has 1 aromatic heterocycles. The van der Waals surface area contributed by atoms with Gasteiger partial charge in [0.05, 0.1) is 17.3 Å². The van der Waals surface area contributed by atoms with E-state index in [0.717, 1.165) is 28.1 Å². The molecule has 2 nitrogen and oxygen atoms in total. The van der Waals surface area contributed by atoms with Crippen LogP contribution in [0.3, 0.4) is 0 Å². The summed E-state index contributed by atoms with van der Waals surface area (Å²) in [6.45, 7) is 4.61. The van der Waals surface area contributed by atoms with Crippen LogP contribution in [0.25, 0.3) is 22.5 Å². The van der Waals surface area contributed by atoms with Gasteiger partial charge in [0, 0.05) is 21.2 Å². The molecular weight excluding hydrogens is 423 g/mol. The van der Waals surface area contributed by atoms with Crippen LogP contribution in [-0.2, 0) is 6.54 Å². The highest BCUT2D eigenvalue weighted by Crippen LogP contribution is 2.37. The van der Waals surface area contributed by atoms with Gasteiger partial charge in [-0.05, 0) is 31.5 Å². The van der Waals surface area contributed by atoms with Gasteiger partial charge in [-0.2, -0.15) is 5.10 Å². The molecule has 0 unspecified atom stereocenters. The molecule has 0 radical (unpaired) electrons. The molecule has 4 aromatic rings. The summed E-state index contributed by atoms with van der Waals surface area (Å²) >= 11 is 19.3. The van der Waals surface area contributed by atoms with Gasteiger partial charge >= 0.3 is 0 Å². The molecule has 0 aliphatic carbocycles. The van der Waals surface area contributed by atoms with E-state index >= 15 is 0 Å². The summed E-state index contributed by atoms with van der Waals surface area (Å²) < 4.78 is 1.91. The summed E-state index contributed by atoms with van der Waals surface area (Å²) in [5.74, 6) is 0. The standard InChI is InChI=1S/C24H19Cl3N2/c1-15-3-7-17(8-4-15)23-22(27)24(18-9-5-16(2)6-10-18)29(28-23)14-19-11-12-20(25)13-21(19)26/h3-13H,14H2,1-2H3. The van der Waals surface area contributed by atoms with E-state index in [1.54, 1.807) is 6.07 Å². The SMILES string of the molecule is Cc1ccc(-c2nn(Cc3ccc(Cl)cc3Cl)c(-c3ccc(C)cc3)c2Cl)cc1. The average Bonchev–Trinajstić information content (AvgIpc) is 3.01. The van der Waals surface area contributed by atoms with Crippen molar-refractivity contribution in [2.75, 3.05) is 0 Å². The Hall–Kier alpha value is -2.26. The average molecular weight is 442 g/mol. The van der Waals surface area contributed by atoms with Crippen LogP contribution in [0.5, 0.6) is 0 Å². The van der Waals surface area contributed by atoms with E-state index in [9.17, 15) is 0 Å². The minimum atomic E-state index is 0.491. The van der Waals surface area contributed by atoms with Gasteiger partial charge in [0.1, 0.15) is 5.69 Å². The zero-order chi connectivity index (χ0) is 20.5. The fourth-order valence-corrected chi connectivity index (χ4v) is 4.07. The number of aryl methyl sites for hydroxylation is 2. The lowest BCUT2D eigenvalue weighted by Gasteiger charge is -2.10. The molecule has 0 fully saturated rings. The predicted molar refractivity (Wildman–Crippen MR) is 123 cm³/mol. The van der Waals surface area contributed by atoms with Gasteiger partial charge in [-0.1, -0.05) is 101 Å². The van der Waals surface area contributed by atoms with Crippen LogP contribution in [0.15, 0.2) is 66.7 Å². The smallest absolute Gasteiger partial charge is 0.112 e. The lowest BCUT2D eigenvalue weighted by Crippen LogP contribution is -2.04. The van der Waals surface area contributed by atoms with Gasteiger partial charge in [-0.3, -0.25) is 4.68 Å². The second-order valence-corrected chi connectivity index (χ2v) is 8.36. The third-order valence-corrected chi connectivity index (χ3v) is 5.82. The van der Waals surface area contributed by atoms with Crippen LogP contribution >= 0.6 is 34.8 Å². The third kappa shape index (κ3) is 4.20. The molecule has 0 atom stereocenters. The van der Waals surface area contributed by atoms with Gasteiger partial charge < -0.3 is 0 Å². The molecule has 0 aliphatic heterocycles. The van der Waals surface area contributed by atoms with E-state index in [4.69, 9.17) is 39.9 Å². The highest BCUT2D eigenvalue weighted by atomic mass is 35.5. The quantitative estimate of drug-likeness (QED) is 0.315. The molecule has 0 saturated heterocycles. The fourth-order valence-electron chi connectivity index (χ4n) is 3.25. The Labute approximate surface area is 185 Å².